The number of hydrogen-bond acceptors (Lipinski definition) is 3. The van der Waals surface area contributed by atoms with Crippen molar-refractivity contribution in [1.82, 2.24) is 5.32 Å². The first-order valence-electron chi connectivity index (χ1n) is 7.20. The average molecular weight is 265 g/mol. The number of benzene rings is 1. The Labute approximate surface area is 117 Å². The second kappa shape index (κ2) is 9.82. The van der Waals surface area contributed by atoms with E-state index in [-0.39, 0.29) is 0 Å². The molecule has 3 heteroatoms. The average Bonchev–Trinajstić information content (AvgIpc) is 2.43. The van der Waals surface area contributed by atoms with E-state index >= 15 is 0 Å². The molecule has 1 aromatic carbocycles. The summed E-state index contributed by atoms with van der Waals surface area (Å²) in [5.41, 5.74) is 1.35. The first-order valence-corrected chi connectivity index (χ1v) is 7.20. The molecule has 0 aliphatic rings. The van der Waals surface area contributed by atoms with Crippen LogP contribution >= 0.6 is 0 Å². The maximum Gasteiger partial charge on any atom is 0.119 e. The summed E-state index contributed by atoms with van der Waals surface area (Å²) in [7, 11) is 1.71. The summed E-state index contributed by atoms with van der Waals surface area (Å²) in [4.78, 5) is 0. The van der Waals surface area contributed by atoms with Crippen LogP contribution in [0.2, 0.25) is 0 Å². The summed E-state index contributed by atoms with van der Waals surface area (Å²) in [6.45, 7) is 6.96. The van der Waals surface area contributed by atoms with E-state index in [0.29, 0.717) is 12.6 Å². The Morgan fingerprint density at radius 3 is 2.53 bits per heavy atom. The maximum absolute atomic E-state index is 5.64. The highest BCUT2D eigenvalue weighted by molar-refractivity contribution is 5.27. The minimum absolute atomic E-state index is 0.522. The molecule has 0 heterocycles. The molecule has 19 heavy (non-hydrogen) atoms. The quantitative estimate of drug-likeness (QED) is 0.660. The molecule has 108 valence electrons. The predicted octanol–water partition coefficient (Wildman–Crippen LogP) is 3.03. The van der Waals surface area contributed by atoms with Gasteiger partial charge in [-0.05, 0) is 44.0 Å². The summed E-state index contributed by atoms with van der Waals surface area (Å²) in [5.74, 6) is 0.939. The van der Waals surface area contributed by atoms with E-state index in [9.17, 15) is 0 Å². The molecule has 0 bridgehead atoms. The van der Waals surface area contributed by atoms with Crippen LogP contribution in [0.3, 0.4) is 0 Å². The summed E-state index contributed by atoms with van der Waals surface area (Å²) in [6, 6.07) is 8.92. The maximum atomic E-state index is 5.64. The Kier molecular flexibility index (Phi) is 8.26. The molecule has 0 spiro atoms. The van der Waals surface area contributed by atoms with Crippen molar-refractivity contribution in [3.05, 3.63) is 29.8 Å². The van der Waals surface area contributed by atoms with Gasteiger partial charge in [-0.1, -0.05) is 19.1 Å². The summed E-state index contributed by atoms with van der Waals surface area (Å²) in [5, 5.41) is 3.50. The van der Waals surface area contributed by atoms with Crippen molar-refractivity contribution in [1.29, 1.82) is 0 Å². The molecule has 1 rings (SSSR count). The van der Waals surface area contributed by atoms with Crippen molar-refractivity contribution in [2.24, 2.45) is 0 Å². The molecule has 0 amide bonds. The van der Waals surface area contributed by atoms with Crippen LogP contribution in [0.5, 0.6) is 5.75 Å². The highest BCUT2D eigenvalue weighted by Crippen LogP contribution is 2.13. The van der Waals surface area contributed by atoms with Gasteiger partial charge in [0.15, 0.2) is 0 Å². The van der Waals surface area contributed by atoms with E-state index in [1.54, 1.807) is 7.11 Å². The van der Waals surface area contributed by atoms with E-state index in [1.165, 1.54) is 12.0 Å². The molecular weight excluding hydrogens is 238 g/mol. The zero-order valence-electron chi connectivity index (χ0n) is 12.4. The van der Waals surface area contributed by atoms with Crippen LogP contribution in [-0.4, -0.2) is 32.9 Å². The lowest BCUT2D eigenvalue weighted by Gasteiger charge is -2.13. The lowest BCUT2D eigenvalue weighted by molar-refractivity contribution is 0.172. The van der Waals surface area contributed by atoms with Crippen LogP contribution in [0.15, 0.2) is 24.3 Å². The van der Waals surface area contributed by atoms with Crippen LogP contribution in [0.4, 0.5) is 0 Å². The Balaban J connectivity index is 2.30. The molecule has 0 radical (unpaired) electrons. The van der Waals surface area contributed by atoms with Crippen LogP contribution in [-0.2, 0) is 11.2 Å². The van der Waals surface area contributed by atoms with Gasteiger partial charge in [0.1, 0.15) is 5.75 Å². The van der Waals surface area contributed by atoms with E-state index in [0.717, 1.165) is 31.7 Å². The summed E-state index contributed by atoms with van der Waals surface area (Å²) >= 11 is 0. The Morgan fingerprint density at radius 2 is 1.89 bits per heavy atom. The van der Waals surface area contributed by atoms with Gasteiger partial charge in [-0.2, -0.15) is 0 Å². The lowest BCUT2D eigenvalue weighted by Crippen LogP contribution is -2.28. The van der Waals surface area contributed by atoms with Crippen molar-refractivity contribution in [3.63, 3.8) is 0 Å². The second-order valence-electron chi connectivity index (χ2n) is 4.90. The van der Waals surface area contributed by atoms with Gasteiger partial charge in [-0.3, -0.25) is 0 Å². The normalized spacial score (nSPS) is 12.4. The van der Waals surface area contributed by atoms with Gasteiger partial charge in [-0.25, -0.2) is 0 Å². The Hall–Kier alpha value is -1.06. The number of hydrogen-bond donors (Lipinski definition) is 1. The van der Waals surface area contributed by atoms with Crippen LogP contribution in [0, 0.1) is 0 Å². The van der Waals surface area contributed by atoms with Crippen LogP contribution in [0.25, 0.3) is 0 Å². The van der Waals surface area contributed by atoms with Gasteiger partial charge in [-0.15, -0.1) is 0 Å². The molecule has 3 nitrogen and oxygen atoms in total. The SMILES string of the molecule is CCCNC(C)Cc1ccc(OCCCOC)cc1. The molecule has 0 saturated heterocycles. The van der Waals surface area contributed by atoms with Gasteiger partial charge in [0.05, 0.1) is 6.61 Å². The van der Waals surface area contributed by atoms with Crippen molar-refractivity contribution >= 4 is 0 Å². The largest absolute Gasteiger partial charge is 0.494 e. The molecule has 0 aliphatic heterocycles. The highest BCUT2D eigenvalue weighted by atomic mass is 16.5. The van der Waals surface area contributed by atoms with Gasteiger partial charge in [0.25, 0.3) is 0 Å². The fraction of sp³-hybridized carbons (Fsp3) is 0.625. The molecular formula is C16H27NO2. The standard InChI is InChI=1S/C16H27NO2/c1-4-10-17-14(2)13-15-6-8-16(9-7-15)19-12-5-11-18-3/h6-9,14,17H,4-5,10-13H2,1-3H3. The monoisotopic (exact) mass is 265 g/mol. The third-order valence-electron chi connectivity index (χ3n) is 2.97. The van der Waals surface area contributed by atoms with Crippen LogP contribution in [0.1, 0.15) is 32.3 Å². The number of nitrogens with one attached hydrogen (secondary N) is 1. The minimum Gasteiger partial charge on any atom is -0.494 e. The van der Waals surface area contributed by atoms with E-state index in [1.807, 2.05) is 0 Å². The number of methoxy groups -OCH3 is 1. The topological polar surface area (TPSA) is 30.5 Å². The third-order valence-corrected chi connectivity index (χ3v) is 2.97. The van der Waals surface area contributed by atoms with Gasteiger partial charge >= 0.3 is 0 Å². The van der Waals surface area contributed by atoms with E-state index in [2.05, 4.69) is 43.4 Å². The van der Waals surface area contributed by atoms with Gasteiger partial charge in [0, 0.05) is 26.2 Å². The van der Waals surface area contributed by atoms with Crippen molar-refractivity contribution in [3.8, 4) is 5.75 Å². The van der Waals surface area contributed by atoms with Crippen molar-refractivity contribution in [2.45, 2.75) is 39.2 Å². The van der Waals surface area contributed by atoms with Crippen molar-refractivity contribution < 1.29 is 9.47 Å². The zero-order chi connectivity index (χ0) is 13.9. The lowest BCUT2D eigenvalue weighted by atomic mass is 10.1. The van der Waals surface area contributed by atoms with Gasteiger partial charge in [0.2, 0.25) is 0 Å². The third kappa shape index (κ3) is 7.19. The zero-order valence-corrected chi connectivity index (χ0v) is 12.4. The van der Waals surface area contributed by atoms with E-state index < -0.39 is 0 Å². The molecule has 0 aliphatic carbocycles. The molecule has 1 N–H and O–H groups in total. The fourth-order valence-electron chi connectivity index (χ4n) is 1.93. The van der Waals surface area contributed by atoms with Crippen molar-refractivity contribution in [2.75, 3.05) is 26.9 Å². The smallest absolute Gasteiger partial charge is 0.119 e. The van der Waals surface area contributed by atoms with Crippen LogP contribution < -0.4 is 10.1 Å². The first kappa shape index (κ1) is 16.0. The fourth-order valence-corrected chi connectivity index (χ4v) is 1.93. The Morgan fingerprint density at radius 1 is 1.16 bits per heavy atom. The Bertz CT molecular complexity index is 324. The molecule has 1 aromatic rings. The number of ether oxygens (including phenoxy) is 2. The molecule has 0 saturated carbocycles. The summed E-state index contributed by atoms with van der Waals surface area (Å²) in [6.07, 6.45) is 3.17. The number of rotatable bonds is 10. The molecule has 0 fully saturated rings. The molecule has 1 atom stereocenters. The van der Waals surface area contributed by atoms with E-state index in [4.69, 9.17) is 9.47 Å². The minimum atomic E-state index is 0.522. The predicted molar refractivity (Wildman–Crippen MR) is 79.9 cm³/mol. The summed E-state index contributed by atoms with van der Waals surface area (Å²) < 4.78 is 10.6. The molecule has 1 unspecified atom stereocenters. The molecule has 0 aromatic heterocycles. The first-order chi connectivity index (χ1) is 9.26. The second-order valence-corrected chi connectivity index (χ2v) is 4.90. The highest BCUT2D eigenvalue weighted by Gasteiger charge is 2.02. The van der Waals surface area contributed by atoms with Gasteiger partial charge < -0.3 is 14.8 Å².